The molecule has 0 spiro atoms. The third-order valence-corrected chi connectivity index (χ3v) is 4.61. The molecule has 0 amide bonds. The summed E-state index contributed by atoms with van der Waals surface area (Å²) in [6.07, 6.45) is 5.14. The minimum Gasteiger partial charge on any atom is -0.307 e. The second-order valence-electron chi connectivity index (χ2n) is 6.36. The van der Waals surface area contributed by atoms with Gasteiger partial charge in [0, 0.05) is 12.1 Å². The molecule has 0 saturated carbocycles. The molecule has 100 valence electrons. The van der Waals surface area contributed by atoms with Crippen molar-refractivity contribution >= 4 is 16.3 Å². The number of hydrogen-bond acceptors (Lipinski definition) is 2. The van der Waals surface area contributed by atoms with Crippen molar-refractivity contribution in [3.8, 4) is 0 Å². The quantitative estimate of drug-likeness (QED) is 0.615. The van der Waals surface area contributed by atoms with Crippen molar-refractivity contribution in [3.05, 3.63) is 0 Å². The lowest BCUT2D eigenvalue weighted by molar-refractivity contribution is 0.262. The van der Waals surface area contributed by atoms with Crippen LogP contribution in [0, 0.1) is 0 Å². The number of rotatable bonds is 8. The molecule has 0 aromatic heterocycles. The van der Waals surface area contributed by atoms with Gasteiger partial charge in [-0.1, -0.05) is 24.0 Å². The summed E-state index contributed by atoms with van der Waals surface area (Å²) in [4.78, 5) is 4.62. The van der Waals surface area contributed by atoms with Gasteiger partial charge in [0.15, 0.2) is 0 Å². The summed E-state index contributed by atoms with van der Waals surface area (Å²) >= 11 is 3.07. The van der Waals surface area contributed by atoms with Crippen molar-refractivity contribution in [1.29, 1.82) is 0 Å². The van der Waals surface area contributed by atoms with Crippen molar-refractivity contribution in [2.45, 2.75) is 62.8 Å². The molecule has 2 atom stereocenters. The van der Waals surface area contributed by atoms with Crippen LogP contribution >= 0.6 is 0 Å². The Kier molecular flexibility index (Phi) is 8.00. The van der Waals surface area contributed by atoms with Gasteiger partial charge in [-0.05, 0) is 54.9 Å². The van der Waals surface area contributed by atoms with Gasteiger partial charge >= 0.3 is 0 Å². The molecule has 0 rings (SSSR count). The fourth-order valence-electron chi connectivity index (χ4n) is 1.72. The third kappa shape index (κ3) is 8.22. The molecule has 2 nitrogen and oxygen atoms in total. The van der Waals surface area contributed by atoms with Gasteiger partial charge in [0.05, 0.1) is 0 Å². The average Bonchev–Trinajstić information content (AvgIpc) is 2.22. The number of hydrogen-bond donors (Lipinski definition) is 0. The van der Waals surface area contributed by atoms with Gasteiger partial charge in [0.1, 0.15) is 16.3 Å². The minimum absolute atomic E-state index is 0.397. The summed E-state index contributed by atoms with van der Waals surface area (Å²) < 4.78 is 0.397. The van der Waals surface area contributed by atoms with E-state index in [0.29, 0.717) is 16.4 Å². The Morgan fingerprint density at radius 3 is 1.41 bits per heavy atom. The smallest absolute Gasteiger partial charge is 0.129 e. The van der Waals surface area contributed by atoms with Crippen LogP contribution in [0.5, 0.6) is 0 Å². The molecular weight excluding hydrogens is 223 g/mol. The molecule has 0 aliphatic carbocycles. The monoisotopic (exact) mass is 254 g/mol. The van der Waals surface area contributed by atoms with Crippen LogP contribution in [0.4, 0.5) is 0 Å². The van der Waals surface area contributed by atoms with Crippen LogP contribution < -0.4 is 0 Å². The van der Waals surface area contributed by atoms with Crippen molar-refractivity contribution < 1.29 is 0 Å². The normalized spacial score (nSPS) is 19.4. The molecule has 2 unspecified atom stereocenters. The fourth-order valence-corrected chi connectivity index (χ4v) is 2.05. The van der Waals surface area contributed by atoms with Gasteiger partial charge in [-0.2, -0.15) is 0 Å². The highest BCUT2D eigenvalue weighted by Crippen LogP contribution is 2.34. The second kappa shape index (κ2) is 7.79. The predicted octanol–water partition coefficient (Wildman–Crippen LogP) is 2.79. The summed E-state index contributed by atoms with van der Waals surface area (Å²) in [6, 6.07) is 1.36. The lowest BCUT2D eigenvalue weighted by Crippen LogP contribution is -2.28. The van der Waals surface area contributed by atoms with Gasteiger partial charge in [-0.3, -0.25) is 0 Å². The molecule has 0 aromatic carbocycles. The summed E-state index contributed by atoms with van der Waals surface area (Å²) in [7, 11) is 8.66. The first kappa shape index (κ1) is 17.5. The Morgan fingerprint density at radius 2 is 1.18 bits per heavy atom. The molecule has 0 bridgehead atoms. The van der Waals surface area contributed by atoms with E-state index in [0.717, 1.165) is 0 Å². The molecule has 0 aliphatic heterocycles. The standard InChI is InChI=1S/C14H31N2.Al/c1-12(8-10-13(2)15(4)5)9-11-14(3)16(6)7;/h13-14H,8-11H2,1-7H3;. The molecule has 2 radical (unpaired) electrons. The third-order valence-electron chi connectivity index (χ3n) is 4.03. The second-order valence-corrected chi connectivity index (χ2v) is 7.75. The van der Waals surface area contributed by atoms with Crippen LogP contribution in [0.15, 0.2) is 0 Å². The maximum absolute atomic E-state index is 3.07. The highest BCUT2D eigenvalue weighted by molar-refractivity contribution is 6.14. The van der Waals surface area contributed by atoms with E-state index < -0.39 is 0 Å². The van der Waals surface area contributed by atoms with Crippen LogP contribution in [-0.2, 0) is 0 Å². The fraction of sp³-hybridized carbons (Fsp3) is 1.00. The summed E-state index contributed by atoms with van der Waals surface area (Å²) in [5.41, 5.74) is 0. The Bertz CT molecular complexity index is 182. The molecule has 0 fully saturated rings. The van der Waals surface area contributed by atoms with E-state index >= 15 is 0 Å². The lowest BCUT2D eigenvalue weighted by atomic mass is 9.94. The summed E-state index contributed by atoms with van der Waals surface area (Å²) in [6.45, 7) is 6.99. The first-order valence-electron chi connectivity index (χ1n) is 6.77. The Morgan fingerprint density at radius 1 is 0.882 bits per heavy atom. The molecule has 3 heteroatoms. The van der Waals surface area contributed by atoms with E-state index in [1.54, 1.807) is 0 Å². The van der Waals surface area contributed by atoms with Gasteiger partial charge in [0.2, 0.25) is 0 Å². The zero-order chi connectivity index (χ0) is 13.6. The zero-order valence-corrected chi connectivity index (χ0v) is 14.1. The van der Waals surface area contributed by atoms with E-state index in [1.165, 1.54) is 25.7 Å². The molecule has 0 N–H and O–H groups in total. The zero-order valence-electron chi connectivity index (χ0n) is 13.0. The predicted molar refractivity (Wildman–Crippen MR) is 78.9 cm³/mol. The largest absolute Gasteiger partial charge is 0.307 e. The molecular formula is C14H31AlN2. The number of nitrogens with zero attached hydrogens (tertiary/aromatic N) is 2. The van der Waals surface area contributed by atoms with Crippen molar-refractivity contribution in [2.24, 2.45) is 0 Å². The highest BCUT2D eigenvalue weighted by atomic mass is 27.0. The van der Waals surface area contributed by atoms with E-state index in [4.69, 9.17) is 0 Å². The molecule has 0 aliphatic rings. The van der Waals surface area contributed by atoms with Crippen LogP contribution in [0.1, 0.15) is 46.5 Å². The topological polar surface area (TPSA) is 6.48 Å². The van der Waals surface area contributed by atoms with Gasteiger partial charge in [-0.15, -0.1) is 0 Å². The van der Waals surface area contributed by atoms with Crippen LogP contribution in [0.3, 0.4) is 0 Å². The Labute approximate surface area is 117 Å². The molecule has 0 heterocycles. The Balaban J connectivity index is 3.95. The van der Waals surface area contributed by atoms with Crippen molar-refractivity contribution in [1.82, 2.24) is 9.80 Å². The van der Waals surface area contributed by atoms with Gasteiger partial charge in [0.25, 0.3) is 0 Å². The van der Waals surface area contributed by atoms with E-state index in [-0.39, 0.29) is 0 Å². The maximum atomic E-state index is 3.07. The summed E-state index contributed by atoms with van der Waals surface area (Å²) in [5, 5.41) is 0. The van der Waals surface area contributed by atoms with E-state index in [9.17, 15) is 0 Å². The van der Waals surface area contributed by atoms with Crippen LogP contribution in [0.2, 0.25) is 4.28 Å². The first-order valence-corrected chi connectivity index (χ1v) is 7.35. The van der Waals surface area contributed by atoms with Crippen molar-refractivity contribution in [3.63, 3.8) is 0 Å². The minimum atomic E-state index is 0.397. The molecule has 17 heavy (non-hydrogen) atoms. The SMILES string of the molecule is CC(CC[C](C)([Al])CCC(C)N(C)C)N(C)C. The van der Waals surface area contributed by atoms with Crippen molar-refractivity contribution in [2.75, 3.05) is 28.2 Å². The van der Waals surface area contributed by atoms with Gasteiger partial charge < -0.3 is 9.80 Å². The Hall–Kier alpha value is 0.452. The summed E-state index contributed by atoms with van der Waals surface area (Å²) in [5.74, 6) is 0. The maximum Gasteiger partial charge on any atom is 0.129 e. The molecule has 0 saturated heterocycles. The van der Waals surface area contributed by atoms with E-state index in [1.807, 2.05) is 0 Å². The molecule has 0 aromatic rings. The van der Waals surface area contributed by atoms with Gasteiger partial charge in [-0.25, -0.2) is 0 Å². The van der Waals surface area contributed by atoms with Crippen LogP contribution in [-0.4, -0.2) is 66.4 Å². The van der Waals surface area contributed by atoms with E-state index in [2.05, 4.69) is 75.1 Å². The highest BCUT2D eigenvalue weighted by Gasteiger charge is 2.19. The first-order chi connectivity index (χ1) is 7.65. The average molecular weight is 254 g/mol. The van der Waals surface area contributed by atoms with Crippen LogP contribution in [0.25, 0.3) is 0 Å². The lowest BCUT2D eigenvalue weighted by Gasteiger charge is -2.31.